The number of methoxy groups -OCH3 is 1. The van der Waals surface area contributed by atoms with E-state index in [2.05, 4.69) is 15.2 Å². The molecule has 0 unspecified atom stereocenters. The third-order valence-corrected chi connectivity index (χ3v) is 5.00. The Morgan fingerprint density at radius 2 is 1.97 bits per heavy atom. The summed E-state index contributed by atoms with van der Waals surface area (Å²) in [6.45, 7) is -0.846. The quantitative estimate of drug-likeness (QED) is 0.390. The average molecular weight is 452 g/mol. The SMILES string of the molecule is [2H]C([2H])([2H])Oc1ccc(-n2c(=O)c(-c3ccc4nncn4c3)cc3ccc(OCC(F)F)nc32)cc1. The predicted octanol–water partition coefficient (Wildman–Crippen LogP) is 3.75. The van der Waals surface area contributed by atoms with Crippen LogP contribution in [-0.4, -0.2) is 44.2 Å². The van der Waals surface area contributed by atoms with Gasteiger partial charge in [-0.1, -0.05) is 0 Å². The third kappa shape index (κ3) is 3.86. The topological polar surface area (TPSA) is 83.5 Å². The number of aromatic nitrogens is 5. The molecule has 33 heavy (non-hydrogen) atoms. The number of ether oxygens (including phenoxy) is 2. The van der Waals surface area contributed by atoms with Gasteiger partial charge < -0.3 is 9.47 Å². The van der Waals surface area contributed by atoms with Gasteiger partial charge in [0.05, 0.1) is 16.8 Å². The van der Waals surface area contributed by atoms with Crippen molar-refractivity contribution in [1.29, 1.82) is 0 Å². The Hall–Kier alpha value is -4.34. The van der Waals surface area contributed by atoms with Crippen LogP contribution in [0.15, 0.2) is 71.9 Å². The fourth-order valence-electron chi connectivity index (χ4n) is 3.49. The third-order valence-electron chi connectivity index (χ3n) is 5.00. The zero-order valence-electron chi connectivity index (χ0n) is 19.9. The van der Waals surface area contributed by atoms with Crippen LogP contribution in [0.4, 0.5) is 8.78 Å². The van der Waals surface area contributed by atoms with Crippen LogP contribution in [-0.2, 0) is 0 Å². The fraction of sp³-hybridized carbons (Fsp3) is 0.130. The minimum atomic E-state index is -2.69. The van der Waals surface area contributed by atoms with E-state index in [-0.39, 0.29) is 17.3 Å². The van der Waals surface area contributed by atoms with Gasteiger partial charge in [0.2, 0.25) is 5.88 Å². The second-order valence-electron chi connectivity index (χ2n) is 7.07. The van der Waals surface area contributed by atoms with Crippen molar-refractivity contribution < 1.29 is 22.4 Å². The number of pyridine rings is 3. The number of fused-ring (bicyclic) bond motifs is 2. The normalized spacial score (nSPS) is 13.1. The molecule has 0 saturated heterocycles. The second-order valence-corrected chi connectivity index (χ2v) is 7.07. The van der Waals surface area contributed by atoms with E-state index in [9.17, 15) is 13.6 Å². The van der Waals surface area contributed by atoms with E-state index in [1.54, 1.807) is 34.9 Å². The van der Waals surface area contributed by atoms with Crippen molar-refractivity contribution in [2.24, 2.45) is 0 Å². The molecule has 10 heteroatoms. The number of rotatable bonds is 6. The van der Waals surface area contributed by atoms with Crippen LogP contribution in [0.2, 0.25) is 0 Å². The molecular weight excluding hydrogens is 432 g/mol. The zero-order chi connectivity index (χ0) is 25.4. The van der Waals surface area contributed by atoms with Gasteiger partial charge in [0.15, 0.2) is 17.9 Å². The van der Waals surface area contributed by atoms with Crippen molar-refractivity contribution >= 4 is 16.7 Å². The zero-order valence-corrected chi connectivity index (χ0v) is 16.9. The first kappa shape index (κ1) is 17.2. The molecular formula is C23H17F2N5O3. The van der Waals surface area contributed by atoms with Gasteiger partial charge in [-0.2, -0.15) is 4.98 Å². The summed E-state index contributed by atoms with van der Waals surface area (Å²) in [4.78, 5) is 18.1. The number of nitrogens with zero attached hydrogens (tertiary/aromatic N) is 5. The molecule has 0 aliphatic heterocycles. The van der Waals surface area contributed by atoms with Gasteiger partial charge in [-0.25, -0.2) is 8.78 Å². The molecule has 0 N–H and O–H groups in total. The Kier molecular flexibility index (Phi) is 4.34. The molecule has 5 rings (SSSR count). The first-order chi connectivity index (χ1) is 17.2. The van der Waals surface area contributed by atoms with E-state index < -0.39 is 25.6 Å². The molecule has 4 heterocycles. The summed E-state index contributed by atoms with van der Waals surface area (Å²) in [5.41, 5.74) is 1.61. The maximum absolute atomic E-state index is 13.7. The van der Waals surface area contributed by atoms with Crippen LogP contribution in [0.3, 0.4) is 0 Å². The van der Waals surface area contributed by atoms with E-state index in [0.717, 1.165) is 0 Å². The number of hydrogen-bond acceptors (Lipinski definition) is 6. The average Bonchev–Trinajstić information content (AvgIpc) is 3.30. The first-order valence-corrected chi connectivity index (χ1v) is 9.75. The lowest BCUT2D eigenvalue weighted by Gasteiger charge is -2.14. The first-order valence-electron chi connectivity index (χ1n) is 11.2. The lowest BCUT2D eigenvalue weighted by atomic mass is 10.1. The second kappa shape index (κ2) is 8.30. The van der Waals surface area contributed by atoms with Gasteiger partial charge >= 0.3 is 0 Å². The Morgan fingerprint density at radius 1 is 1.12 bits per heavy atom. The molecule has 8 nitrogen and oxygen atoms in total. The van der Waals surface area contributed by atoms with Crippen LogP contribution < -0.4 is 15.0 Å². The highest BCUT2D eigenvalue weighted by Crippen LogP contribution is 2.25. The highest BCUT2D eigenvalue weighted by atomic mass is 19.3. The standard InChI is InChI=1S/C23H17F2N5O3/c1-32-17-6-4-16(5-7-17)30-22-14(3-9-21(27-22)33-12-19(24)25)10-18(23(30)31)15-2-8-20-28-26-13-29(20)11-15/h2-11,13,19H,12H2,1H3/i1D3. The number of halogens is 2. The molecule has 0 bridgehead atoms. The number of alkyl halides is 2. The highest BCUT2D eigenvalue weighted by molar-refractivity contribution is 5.83. The Balaban J connectivity index is 1.69. The molecule has 4 aromatic heterocycles. The minimum absolute atomic E-state index is 0.0723. The summed E-state index contributed by atoms with van der Waals surface area (Å²) in [5.74, 6) is 0.0104. The molecule has 0 spiro atoms. The minimum Gasteiger partial charge on any atom is -0.497 e. The van der Waals surface area contributed by atoms with Crippen molar-refractivity contribution in [2.45, 2.75) is 6.43 Å². The van der Waals surface area contributed by atoms with Gasteiger partial charge in [-0.3, -0.25) is 13.8 Å². The molecule has 1 aromatic carbocycles. The Bertz CT molecular complexity index is 1620. The molecule has 0 radical (unpaired) electrons. The molecule has 0 aliphatic carbocycles. The smallest absolute Gasteiger partial charge is 0.272 e. The molecule has 0 amide bonds. The largest absolute Gasteiger partial charge is 0.497 e. The monoisotopic (exact) mass is 452 g/mol. The molecule has 5 aromatic rings. The maximum atomic E-state index is 13.7. The van der Waals surface area contributed by atoms with Crippen LogP contribution >= 0.6 is 0 Å². The van der Waals surface area contributed by atoms with Crippen LogP contribution in [0.25, 0.3) is 33.5 Å². The van der Waals surface area contributed by atoms with Gasteiger partial charge in [0, 0.05) is 28.8 Å². The van der Waals surface area contributed by atoms with Crippen molar-refractivity contribution in [3.05, 3.63) is 77.5 Å². The van der Waals surface area contributed by atoms with Crippen molar-refractivity contribution in [2.75, 3.05) is 13.6 Å². The molecule has 0 atom stereocenters. The van der Waals surface area contributed by atoms with E-state index in [0.29, 0.717) is 27.8 Å². The van der Waals surface area contributed by atoms with Crippen molar-refractivity contribution in [3.63, 3.8) is 0 Å². The Labute approximate surface area is 189 Å². The van der Waals surface area contributed by atoms with Crippen LogP contribution in [0.5, 0.6) is 11.6 Å². The summed E-state index contributed by atoms with van der Waals surface area (Å²) < 4.78 is 60.0. The van der Waals surface area contributed by atoms with Gasteiger partial charge in [-0.05, 0) is 48.5 Å². The molecule has 0 saturated carbocycles. The van der Waals surface area contributed by atoms with E-state index in [1.807, 2.05) is 0 Å². The van der Waals surface area contributed by atoms with Crippen LogP contribution in [0.1, 0.15) is 4.11 Å². The van der Waals surface area contributed by atoms with Crippen molar-refractivity contribution in [1.82, 2.24) is 24.1 Å². The molecule has 166 valence electrons. The summed E-state index contributed by atoms with van der Waals surface area (Å²) >= 11 is 0. The van der Waals surface area contributed by atoms with E-state index >= 15 is 0 Å². The highest BCUT2D eigenvalue weighted by Gasteiger charge is 2.16. The number of hydrogen-bond donors (Lipinski definition) is 0. The van der Waals surface area contributed by atoms with Gasteiger partial charge in [0.1, 0.15) is 12.1 Å². The van der Waals surface area contributed by atoms with E-state index in [1.165, 1.54) is 41.2 Å². The Morgan fingerprint density at radius 3 is 2.76 bits per heavy atom. The summed E-state index contributed by atoms with van der Waals surface area (Å²) in [5, 5.41) is 8.35. The predicted molar refractivity (Wildman–Crippen MR) is 117 cm³/mol. The summed E-state index contributed by atoms with van der Waals surface area (Å²) in [6, 6.07) is 14.0. The van der Waals surface area contributed by atoms with Gasteiger partial charge in [-0.15, -0.1) is 10.2 Å². The van der Waals surface area contributed by atoms with Gasteiger partial charge in [0.25, 0.3) is 12.0 Å². The fourth-order valence-corrected chi connectivity index (χ4v) is 3.49. The maximum Gasteiger partial charge on any atom is 0.272 e. The summed E-state index contributed by atoms with van der Waals surface area (Å²) in [6.07, 6.45) is 0.532. The molecule has 0 aliphatic rings. The molecule has 0 fully saturated rings. The lowest BCUT2D eigenvalue weighted by molar-refractivity contribution is 0.0797. The number of benzene rings is 1. The van der Waals surface area contributed by atoms with Crippen LogP contribution in [0, 0.1) is 0 Å². The summed E-state index contributed by atoms with van der Waals surface area (Å²) in [7, 11) is -2.63. The lowest BCUT2D eigenvalue weighted by Crippen LogP contribution is -2.21. The van der Waals surface area contributed by atoms with Crippen molar-refractivity contribution in [3.8, 4) is 28.4 Å². The van der Waals surface area contributed by atoms with E-state index in [4.69, 9.17) is 13.6 Å².